The van der Waals surface area contributed by atoms with E-state index in [2.05, 4.69) is 0 Å². The van der Waals surface area contributed by atoms with Crippen molar-refractivity contribution in [2.75, 3.05) is 6.54 Å². The molecule has 0 saturated carbocycles. The molecule has 148 valence electrons. The Morgan fingerprint density at radius 1 is 1.14 bits per heavy atom. The number of rotatable bonds is 7. The number of nitrogens with zero attached hydrogens (tertiary/aromatic N) is 2. The lowest BCUT2D eigenvalue weighted by Crippen LogP contribution is -2.33. The highest BCUT2D eigenvalue weighted by molar-refractivity contribution is 5.91. The van der Waals surface area contributed by atoms with Gasteiger partial charge in [0, 0.05) is 6.54 Å². The maximum atomic E-state index is 13.2. The van der Waals surface area contributed by atoms with E-state index in [0.717, 1.165) is 5.56 Å². The number of nitriles is 1. The van der Waals surface area contributed by atoms with E-state index in [9.17, 15) is 9.18 Å². The van der Waals surface area contributed by atoms with Gasteiger partial charge in [-0.15, -0.1) is 0 Å². The van der Waals surface area contributed by atoms with Crippen LogP contribution in [0.4, 0.5) is 4.39 Å². The maximum absolute atomic E-state index is 13.2. The quantitative estimate of drug-likeness (QED) is 0.561. The van der Waals surface area contributed by atoms with E-state index < -0.39 is 0 Å². The second kappa shape index (κ2) is 9.07. The number of furan rings is 1. The minimum atomic E-state index is -0.312. The van der Waals surface area contributed by atoms with Crippen molar-refractivity contribution in [1.29, 1.82) is 5.26 Å². The molecule has 0 spiro atoms. The Labute approximate surface area is 168 Å². The lowest BCUT2D eigenvalue weighted by molar-refractivity contribution is 0.0665. The molecule has 0 N–H and O–H groups in total. The largest absolute Gasteiger partial charge is 0.486 e. The van der Waals surface area contributed by atoms with Crippen LogP contribution in [0.3, 0.4) is 0 Å². The number of amides is 1. The average molecular weight is 392 g/mol. The fourth-order valence-corrected chi connectivity index (χ4v) is 3.01. The van der Waals surface area contributed by atoms with Gasteiger partial charge in [-0.1, -0.05) is 12.1 Å². The minimum Gasteiger partial charge on any atom is -0.486 e. The summed E-state index contributed by atoms with van der Waals surface area (Å²) in [6, 6.07) is 18.0. The van der Waals surface area contributed by atoms with Crippen molar-refractivity contribution < 1.29 is 18.3 Å². The van der Waals surface area contributed by atoms with E-state index >= 15 is 0 Å². The molecule has 1 unspecified atom stereocenters. The summed E-state index contributed by atoms with van der Waals surface area (Å²) < 4.78 is 24.5. The van der Waals surface area contributed by atoms with Crippen LogP contribution in [0, 0.1) is 17.1 Å². The van der Waals surface area contributed by atoms with Gasteiger partial charge in [0.2, 0.25) is 0 Å². The molecule has 6 heteroatoms. The summed E-state index contributed by atoms with van der Waals surface area (Å²) in [7, 11) is 0. The Hall–Kier alpha value is -3.59. The fraction of sp³-hybridized carbons (Fsp3) is 0.217. The molecule has 1 amide bonds. The first kappa shape index (κ1) is 20.2. The zero-order valence-corrected chi connectivity index (χ0v) is 16.3. The number of carbonyl (C=O) groups is 1. The zero-order chi connectivity index (χ0) is 20.8. The van der Waals surface area contributed by atoms with Gasteiger partial charge >= 0.3 is 0 Å². The first-order valence-corrected chi connectivity index (χ1v) is 9.30. The monoisotopic (exact) mass is 392 g/mol. The molecule has 2 aromatic carbocycles. The van der Waals surface area contributed by atoms with Crippen LogP contribution in [0.25, 0.3) is 0 Å². The molecular weight excluding hydrogens is 371 g/mol. The van der Waals surface area contributed by atoms with Gasteiger partial charge in [0.1, 0.15) is 23.9 Å². The van der Waals surface area contributed by atoms with Gasteiger partial charge in [-0.05, 0) is 67.9 Å². The minimum absolute atomic E-state index is 0.165. The molecular formula is C23H21FN2O3. The normalized spacial score (nSPS) is 11.5. The predicted octanol–water partition coefficient (Wildman–Crippen LogP) is 5.09. The van der Waals surface area contributed by atoms with Gasteiger partial charge < -0.3 is 14.1 Å². The summed E-state index contributed by atoms with van der Waals surface area (Å²) in [4.78, 5) is 14.6. The van der Waals surface area contributed by atoms with Crippen molar-refractivity contribution in [3.63, 3.8) is 0 Å². The van der Waals surface area contributed by atoms with Crippen molar-refractivity contribution in [2.24, 2.45) is 0 Å². The first-order chi connectivity index (χ1) is 14.0. The van der Waals surface area contributed by atoms with Crippen LogP contribution in [0.15, 0.2) is 65.1 Å². The number of ether oxygens (including phenoxy) is 1. The molecule has 1 heterocycles. The number of halogens is 1. The average Bonchev–Trinajstić information content (AvgIpc) is 3.22. The van der Waals surface area contributed by atoms with E-state index in [4.69, 9.17) is 14.4 Å². The number of hydrogen-bond donors (Lipinski definition) is 0. The molecule has 1 atom stereocenters. The Bertz CT molecular complexity index is 1000. The Balaban J connectivity index is 1.66. The van der Waals surface area contributed by atoms with Gasteiger partial charge in [-0.25, -0.2) is 4.39 Å². The lowest BCUT2D eigenvalue weighted by Gasteiger charge is -2.27. The number of hydrogen-bond acceptors (Lipinski definition) is 4. The van der Waals surface area contributed by atoms with Crippen LogP contribution in [0.2, 0.25) is 0 Å². The second-order valence-corrected chi connectivity index (χ2v) is 6.51. The van der Waals surface area contributed by atoms with Crippen LogP contribution in [0.1, 0.15) is 47.3 Å². The Morgan fingerprint density at radius 2 is 1.83 bits per heavy atom. The molecule has 0 bridgehead atoms. The van der Waals surface area contributed by atoms with Gasteiger partial charge in [-0.2, -0.15) is 5.26 Å². The standard InChI is InChI=1S/C23H21FN2O3/c1-3-26(16(2)18-6-8-19(24)9-7-18)23(27)22-13-12-21(29-22)15-28-20-10-4-17(14-25)5-11-20/h4-13,16H,3,15H2,1-2H3. The summed E-state index contributed by atoms with van der Waals surface area (Å²) >= 11 is 0. The van der Waals surface area contributed by atoms with Gasteiger partial charge in [-0.3, -0.25) is 4.79 Å². The van der Waals surface area contributed by atoms with Crippen LogP contribution in [-0.4, -0.2) is 17.4 Å². The summed E-state index contributed by atoms with van der Waals surface area (Å²) in [5, 5.41) is 8.82. The first-order valence-electron chi connectivity index (χ1n) is 9.30. The maximum Gasteiger partial charge on any atom is 0.290 e. The van der Waals surface area contributed by atoms with Crippen LogP contribution in [0.5, 0.6) is 5.75 Å². The molecule has 29 heavy (non-hydrogen) atoms. The van der Waals surface area contributed by atoms with Crippen LogP contribution in [-0.2, 0) is 6.61 Å². The van der Waals surface area contributed by atoms with Crippen molar-refractivity contribution in [3.05, 3.63) is 89.1 Å². The third-order valence-corrected chi connectivity index (χ3v) is 4.66. The smallest absolute Gasteiger partial charge is 0.290 e. The molecule has 1 aromatic heterocycles. The Morgan fingerprint density at radius 3 is 2.45 bits per heavy atom. The third kappa shape index (κ3) is 4.82. The SMILES string of the molecule is CCN(C(=O)c1ccc(COc2ccc(C#N)cc2)o1)C(C)c1ccc(F)cc1. The highest BCUT2D eigenvalue weighted by Gasteiger charge is 2.24. The van der Waals surface area contributed by atoms with E-state index in [1.807, 2.05) is 19.9 Å². The topological polar surface area (TPSA) is 66.5 Å². The summed E-state index contributed by atoms with van der Waals surface area (Å²) in [6.45, 7) is 4.43. The molecule has 3 rings (SSSR count). The Kier molecular flexibility index (Phi) is 6.30. The fourth-order valence-electron chi connectivity index (χ4n) is 3.01. The summed E-state index contributed by atoms with van der Waals surface area (Å²) in [5.41, 5.74) is 1.40. The molecule has 0 radical (unpaired) electrons. The van der Waals surface area contributed by atoms with Crippen LogP contribution >= 0.6 is 0 Å². The van der Waals surface area contributed by atoms with Gasteiger partial charge in [0.25, 0.3) is 5.91 Å². The molecule has 3 aromatic rings. The highest BCUT2D eigenvalue weighted by Crippen LogP contribution is 2.23. The predicted molar refractivity (Wildman–Crippen MR) is 106 cm³/mol. The van der Waals surface area contributed by atoms with Gasteiger partial charge in [0.15, 0.2) is 5.76 Å². The lowest BCUT2D eigenvalue weighted by atomic mass is 10.1. The van der Waals surface area contributed by atoms with Crippen molar-refractivity contribution in [2.45, 2.75) is 26.5 Å². The molecule has 5 nitrogen and oxygen atoms in total. The summed E-state index contributed by atoms with van der Waals surface area (Å²) in [6.07, 6.45) is 0. The number of benzene rings is 2. The van der Waals surface area contributed by atoms with E-state index in [-0.39, 0.29) is 30.1 Å². The molecule has 0 saturated heterocycles. The van der Waals surface area contributed by atoms with E-state index in [0.29, 0.717) is 23.6 Å². The van der Waals surface area contributed by atoms with E-state index in [1.165, 1.54) is 12.1 Å². The molecule has 0 aliphatic heterocycles. The zero-order valence-electron chi connectivity index (χ0n) is 16.3. The van der Waals surface area contributed by atoms with Crippen molar-refractivity contribution in [3.8, 4) is 11.8 Å². The molecule has 0 fully saturated rings. The van der Waals surface area contributed by atoms with Crippen molar-refractivity contribution >= 4 is 5.91 Å². The van der Waals surface area contributed by atoms with Crippen molar-refractivity contribution in [1.82, 2.24) is 4.90 Å². The molecule has 0 aliphatic rings. The summed E-state index contributed by atoms with van der Waals surface area (Å²) in [5.74, 6) is 0.790. The van der Waals surface area contributed by atoms with Gasteiger partial charge in [0.05, 0.1) is 17.7 Å². The third-order valence-electron chi connectivity index (χ3n) is 4.66. The number of carbonyl (C=O) groups excluding carboxylic acids is 1. The second-order valence-electron chi connectivity index (χ2n) is 6.51. The highest BCUT2D eigenvalue weighted by atomic mass is 19.1. The van der Waals surface area contributed by atoms with Crippen LogP contribution < -0.4 is 4.74 Å². The van der Waals surface area contributed by atoms with E-state index in [1.54, 1.807) is 53.4 Å². The molecule has 0 aliphatic carbocycles.